The second-order valence-corrected chi connectivity index (χ2v) is 7.32. The first-order valence-corrected chi connectivity index (χ1v) is 8.80. The lowest BCUT2D eigenvalue weighted by Gasteiger charge is -2.17. The fourth-order valence-corrected chi connectivity index (χ4v) is 3.40. The Bertz CT molecular complexity index is 571. The van der Waals surface area contributed by atoms with E-state index >= 15 is 0 Å². The van der Waals surface area contributed by atoms with Crippen LogP contribution in [0.3, 0.4) is 0 Å². The summed E-state index contributed by atoms with van der Waals surface area (Å²) < 4.78 is 1.06. The maximum absolute atomic E-state index is 9.38. The minimum absolute atomic E-state index is 0.140. The van der Waals surface area contributed by atoms with Crippen molar-refractivity contribution in [2.45, 2.75) is 32.9 Å². The van der Waals surface area contributed by atoms with Gasteiger partial charge in [0.15, 0.2) is 0 Å². The average Bonchev–Trinajstić information content (AvgIpc) is 2.92. The van der Waals surface area contributed by atoms with Crippen LogP contribution in [-0.2, 0) is 6.54 Å². The Morgan fingerprint density at radius 1 is 1.38 bits per heavy atom. The highest BCUT2D eigenvalue weighted by molar-refractivity contribution is 9.10. The number of nitrogens with zero attached hydrogens (tertiary/aromatic N) is 1. The first-order chi connectivity index (χ1) is 10.1. The molecule has 0 fully saturated rings. The van der Waals surface area contributed by atoms with Gasteiger partial charge in [0.05, 0.1) is 12.3 Å². The summed E-state index contributed by atoms with van der Waals surface area (Å²) in [4.78, 5) is 4.66. The molecule has 2 aromatic rings. The molecule has 1 unspecified atom stereocenters. The van der Waals surface area contributed by atoms with Gasteiger partial charge in [0.2, 0.25) is 0 Å². The number of aliphatic hydroxyl groups is 1. The molecule has 1 aromatic carbocycles. The van der Waals surface area contributed by atoms with Gasteiger partial charge in [-0.3, -0.25) is 0 Å². The zero-order valence-electron chi connectivity index (χ0n) is 12.3. The molecule has 0 radical (unpaired) electrons. The van der Waals surface area contributed by atoms with Crippen LogP contribution in [-0.4, -0.2) is 22.7 Å². The third-order valence-electron chi connectivity index (χ3n) is 3.17. The van der Waals surface area contributed by atoms with Crippen molar-refractivity contribution in [3.05, 3.63) is 39.8 Å². The van der Waals surface area contributed by atoms with Gasteiger partial charge < -0.3 is 10.4 Å². The van der Waals surface area contributed by atoms with Crippen molar-refractivity contribution < 1.29 is 5.11 Å². The summed E-state index contributed by atoms with van der Waals surface area (Å²) in [7, 11) is 0. The predicted molar refractivity (Wildman–Crippen MR) is 92.4 cm³/mol. The SMILES string of the molecule is CC(C)CC(CO)NCc1csc(-c2cccc(Br)c2)n1. The van der Waals surface area contributed by atoms with E-state index in [1.165, 1.54) is 0 Å². The van der Waals surface area contributed by atoms with Crippen LogP contribution in [0.5, 0.6) is 0 Å². The largest absolute Gasteiger partial charge is 0.395 e. The molecule has 0 spiro atoms. The third-order valence-corrected chi connectivity index (χ3v) is 4.60. The van der Waals surface area contributed by atoms with Crippen LogP contribution in [0.4, 0.5) is 0 Å². The molecule has 0 bridgehead atoms. The van der Waals surface area contributed by atoms with Gasteiger partial charge in [-0.05, 0) is 24.5 Å². The Morgan fingerprint density at radius 2 is 2.19 bits per heavy atom. The zero-order chi connectivity index (χ0) is 15.2. The smallest absolute Gasteiger partial charge is 0.123 e. The van der Waals surface area contributed by atoms with E-state index in [1.54, 1.807) is 11.3 Å². The quantitative estimate of drug-likeness (QED) is 0.773. The van der Waals surface area contributed by atoms with Crippen molar-refractivity contribution in [1.29, 1.82) is 0 Å². The van der Waals surface area contributed by atoms with Crippen molar-refractivity contribution in [3.8, 4) is 10.6 Å². The lowest BCUT2D eigenvalue weighted by molar-refractivity contribution is 0.223. The van der Waals surface area contributed by atoms with Crippen molar-refractivity contribution in [3.63, 3.8) is 0 Å². The summed E-state index contributed by atoms with van der Waals surface area (Å²) in [5, 5.41) is 15.9. The fraction of sp³-hybridized carbons (Fsp3) is 0.438. The molecular formula is C16H21BrN2OS. The monoisotopic (exact) mass is 368 g/mol. The second-order valence-electron chi connectivity index (χ2n) is 5.54. The minimum atomic E-state index is 0.140. The van der Waals surface area contributed by atoms with Crippen LogP contribution in [0, 0.1) is 5.92 Å². The summed E-state index contributed by atoms with van der Waals surface area (Å²) in [6, 6.07) is 8.31. The predicted octanol–water partition coefficient (Wildman–Crippen LogP) is 4.07. The Kier molecular flexibility index (Phi) is 6.36. The molecule has 1 aromatic heterocycles. The number of benzene rings is 1. The summed E-state index contributed by atoms with van der Waals surface area (Å²) in [5.41, 5.74) is 2.15. The number of rotatable bonds is 7. The van der Waals surface area contributed by atoms with E-state index in [1.807, 2.05) is 12.1 Å². The van der Waals surface area contributed by atoms with Gasteiger partial charge in [0, 0.05) is 28.0 Å². The summed E-state index contributed by atoms with van der Waals surface area (Å²) in [6.45, 7) is 5.19. The first-order valence-electron chi connectivity index (χ1n) is 7.13. The molecule has 114 valence electrons. The zero-order valence-corrected chi connectivity index (χ0v) is 14.7. The lowest BCUT2D eigenvalue weighted by atomic mass is 10.0. The maximum Gasteiger partial charge on any atom is 0.123 e. The van der Waals surface area contributed by atoms with Crippen molar-refractivity contribution in [2.75, 3.05) is 6.61 Å². The highest BCUT2D eigenvalue weighted by Crippen LogP contribution is 2.26. The molecule has 21 heavy (non-hydrogen) atoms. The van der Waals surface area contributed by atoms with Gasteiger partial charge in [0.25, 0.3) is 0 Å². The minimum Gasteiger partial charge on any atom is -0.395 e. The Balaban J connectivity index is 1.97. The Morgan fingerprint density at radius 3 is 2.86 bits per heavy atom. The number of nitrogens with one attached hydrogen (secondary N) is 1. The van der Waals surface area contributed by atoms with Gasteiger partial charge in [0.1, 0.15) is 5.01 Å². The standard InChI is InChI=1S/C16H21BrN2OS/c1-11(2)6-14(9-20)18-8-15-10-21-16(19-15)12-4-3-5-13(17)7-12/h3-5,7,10-11,14,18,20H,6,8-9H2,1-2H3. The lowest BCUT2D eigenvalue weighted by Crippen LogP contribution is -2.33. The van der Waals surface area contributed by atoms with Gasteiger partial charge in [-0.25, -0.2) is 4.98 Å². The van der Waals surface area contributed by atoms with Crippen LogP contribution >= 0.6 is 27.3 Å². The number of aliphatic hydroxyl groups excluding tert-OH is 1. The van der Waals surface area contributed by atoms with Gasteiger partial charge in [-0.15, -0.1) is 11.3 Å². The molecule has 1 atom stereocenters. The van der Waals surface area contributed by atoms with Crippen molar-refractivity contribution >= 4 is 27.3 Å². The molecule has 2 rings (SSSR count). The van der Waals surface area contributed by atoms with E-state index in [0.29, 0.717) is 12.5 Å². The molecule has 5 heteroatoms. The van der Waals surface area contributed by atoms with E-state index in [0.717, 1.165) is 27.2 Å². The Hall–Kier alpha value is -0.750. The molecule has 0 aliphatic rings. The van der Waals surface area contributed by atoms with Crippen molar-refractivity contribution in [1.82, 2.24) is 10.3 Å². The molecule has 2 N–H and O–H groups in total. The number of aromatic nitrogens is 1. The first kappa shape index (κ1) is 16.6. The van der Waals surface area contributed by atoms with Crippen LogP contribution in [0.2, 0.25) is 0 Å². The summed E-state index contributed by atoms with van der Waals surface area (Å²) in [6.07, 6.45) is 0.971. The molecule has 0 amide bonds. The molecule has 0 saturated heterocycles. The maximum atomic E-state index is 9.38. The van der Waals surface area contributed by atoms with Crippen LogP contribution in [0.1, 0.15) is 26.0 Å². The summed E-state index contributed by atoms with van der Waals surface area (Å²) >= 11 is 5.14. The molecular weight excluding hydrogens is 348 g/mol. The van der Waals surface area contributed by atoms with Crippen LogP contribution < -0.4 is 5.32 Å². The average molecular weight is 369 g/mol. The molecule has 0 aliphatic heterocycles. The highest BCUT2D eigenvalue weighted by Gasteiger charge is 2.11. The van der Waals surface area contributed by atoms with E-state index in [9.17, 15) is 5.11 Å². The fourth-order valence-electron chi connectivity index (χ4n) is 2.18. The normalized spacial score (nSPS) is 12.8. The molecule has 1 heterocycles. The van der Waals surface area contributed by atoms with E-state index in [2.05, 4.69) is 57.6 Å². The van der Waals surface area contributed by atoms with Crippen LogP contribution in [0.15, 0.2) is 34.1 Å². The van der Waals surface area contributed by atoms with E-state index in [4.69, 9.17) is 0 Å². The molecule has 3 nitrogen and oxygen atoms in total. The highest BCUT2D eigenvalue weighted by atomic mass is 79.9. The van der Waals surface area contributed by atoms with E-state index < -0.39 is 0 Å². The molecule has 0 aliphatic carbocycles. The number of thiazole rings is 1. The van der Waals surface area contributed by atoms with Crippen molar-refractivity contribution in [2.24, 2.45) is 5.92 Å². The van der Waals surface area contributed by atoms with Crippen LogP contribution in [0.25, 0.3) is 10.6 Å². The van der Waals surface area contributed by atoms with Gasteiger partial charge in [-0.2, -0.15) is 0 Å². The number of hydrogen-bond donors (Lipinski definition) is 2. The second kappa shape index (κ2) is 8.03. The summed E-state index contributed by atoms with van der Waals surface area (Å²) in [5.74, 6) is 0.572. The van der Waals surface area contributed by atoms with Gasteiger partial charge >= 0.3 is 0 Å². The van der Waals surface area contributed by atoms with E-state index in [-0.39, 0.29) is 12.6 Å². The Labute approximate surface area is 138 Å². The third kappa shape index (κ3) is 5.18. The number of halogens is 1. The van der Waals surface area contributed by atoms with Gasteiger partial charge in [-0.1, -0.05) is 41.9 Å². The number of hydrogen-bond acceptors (Lipinski definition) is 4. The molecule has 0 saturated carbocycles. The topological polar surface area (TPSA) is 45.1 Å².